The van der Waals surface area contributed by atoms with Gasteiger partial charge in [0.2, 0.25) is 15.9 Å². The molecule has 160 valence electrons. The smallest absolute Gasteiger partial charge is 0.241 e. The topological polar surface area (TPSA) is 93.7 Å². The highest BCUT2D eigenvalue weighted by Crippen LogP contribution is 2.32. The van der Waals surface area contributed by atoms with Crippen LogP contribution in [0.2, 0.25) is 0 Å². The third-order valence-electron chi connectivity index (χ3n) is 5.44. The lowest BCUT2D eigenvalue weighted by Crippen LogP contribution is -2.46. The van der Waals surface area contributed by atoms with Crippen LogP contribution in [0.25, 0.3) is 0 Å². The molecule has 30 heavy (non-hydrogen) atoms. The molecule has 2 aliphatic rings. The van der Waals surface area contributed by atoms with Crippen LogP contribution in [0, 0.1) is 0 Å². The number of fused-ring (bicyclic) bond motifs is 2. The fraction of sp³-hybridized carbons (Fsp3) is 0.409. The van der Waals surface area contributed by atoms with E-state index < -0.39 is 16.1 Å². The van der Waals surface area contributed by atoms with Crippen molar-refractivity contribution >= 4 is 15.9 Å². The third kappa shape index (κ3) is 4.44. The van der Waals surface area contributed by atoms with E-state index >= 15 is 0 Å². The van der Waals surface area contributed by atoms with Gasteiger partial charge < -0.3 is 14.8 Å². The molecule has 2 atom stereocenters. The molecule has 0 bridgehead atoms. The van der Waals surface area contributed by atoms with Crippen LogP contribution in [0.15, 0.2) is 47.4 Å². The van der Waals surface area contributed by atoms with Gasteiger partial charge in [0.25, 0.3) is 0 Å². The van der Waals surface area contributed by atoms with Crippen LogP contribution < -0.4 is 19.5 Å². The molecule has 1 aliphatic carbocycles. The van der Waals surface area contributed by atoms with E-state index in [1.807, 2.05) is 18.2 Å². The largest absolute Gasteiger partial charge is 0.490 e. The summed E-state index contributed by atoms with van der Waals surface area (Å²) in [4.78, 5) is 12.8. The predicted molar refractivity (Wildman–Crippen MR) is 112 cm³/mol. The van der Waals surface area contributed by atoms with Gasteiger partial charge in [0.15, 0.2) is 11.5 Å². The van der Waals surface area contributed by atoms with Crippen LogP contribution in [-0.4, -0.2) is 33.6 Å². The summed E-state index contributed by atoms with van der Waals surface area (Å²) in [5.41, 5.74) is 2.34. The average Bonchev–Trinajstić information content (AvgIpc) is 2.98. The molecule has 7 nitrogen and oxygen atoms in total. The van der Waals surface area contributed by atoms with Crippen molar-refractivity contribution in [3.63, 3.8) is 0 Å². The molecule has 8 heteroatoms. The molecular formula is C22H26N2O5S. The molecule has 2 N–H and O–H groups in total. The fourth-order valence-electron chi connectivity index (χ4n) is 3.87. The van der Waals surface area contributed by atoms with Gasteiger partial charge in [0.05, 0.1) is 30.2 Å². The van der Waals surface area contributed by atoms with E-state index in [1.54, 1.807) is 13.0 Å². The maximum atomic E-state index is 12.8. The molecule has 0 radical (unpaired) electrons. The van der Waals surface area contributed by atoms with Gasteiger partial charge >= 0.3 is 0 Å². The number of aryl methyl sites for hydroxylation is 1. The van der Waals surface area contributed by atoms with Crippen molar-refractivity contribution in [2.75, 3.05) is 13.2 Å². The molecule has 0 spiro atoms. The minimum atomic E-state index is -3.90. The van der Waals surface area contributed by atoms with E-state index in [0.29, 0.717) is 24.7 Å². The van der Waals surface area contributed by atoms with Crippen molar-refractivity contribution in [3.8, 4) is 11.5 Å². The summed E-state index contributed by atoms with van der Waals surface area (Å²) in [7, 11) is -3.90. The van der Waals surface area contributed by atoms with E-state index in [9.17, 15) is 13.2 Å². The molecule has 0 saturated heterocycles. The lowest BCUT2D eigenvalue weighted by Gasteiger charge is -2.27. The van der Waals surface area contributed by atoms with Gasteiger partial charge in [0, 0.05) is 12.5 Å². The van der Waals surface area contributed by atoms with Crippen LogP contribution in [0.3, 0.4) is 0 Å². The highest BCUT2D eigenvalue weighted by atomic mass is 32.2. The van der Waals surface area contributed by atoms with Crippen molar-refractivity contribution in [3.05, 3.63) is 53.6 Å². The number of rotatable bonds is 5. The normalized spacial score (nSPS) is 19.3. The summed E-state index contributed by atoms with van der Waals surface area (Å²) in [6.45, 7) is 2.54. The number of ether oxygens (including phenoxy) is 2. The van der Waals surface area contributed by atoms with Gasteiger partial charge in [-0.3, -0.25) is 4.79 Å². The second-order valence-electron chi connectivity index (χ2n) is 7.65. The van der Waals surface area contributed by atoms with Crippen molar-refractivity contribution in [2.45, 2.75) is 49.6 Å². The first kappa shape index (κ1) is 20.7. The first-order valence-corrected chi connectivity index (χ1v) is 11.7. The molecule has 1 heterocycles. The number of amides is 1. The molecule has 2 aromatic carbocycles. The lowest BCUT2D eigenvalue weighted by molar-refractivity contribution is -0.123. The number of carbonyl (C=O) groups excluding carboxylic acids is 1. The molecule has 0 fully saturated rings. The van der Waals surface area contributed by atoms with E-state index in [4.69, 9.17) is 9.47 Å². The third-order valence-corrected chi connectivity index (χ3v) is 6.98. The summed E-state index contributed by atoms with van der Waals surface area (Å²) < 4.78 is 39.2. The van der Waals surface area contributed by atoms with Crippen molar-refractivity contribution in [1.29, 1.82) is 0 Å². The first-order chi connectivity index (χ1) is 14.4. The highest BCUT2D eigenvalue weighted by Gasteiger charge is 2.27. The molecule has 0 unspecified atom stereocenters. The minimum absolute atomic E-state index is 0.0365. The Morgan fingerprint density at radius 1 is 1.07 bits per heavy atom. The molecule has 2 aromatic rings. The standard InChI is InChI=1S/C22H26N2O5S/c1-15(22(25)23-19-9-4-7-16-6-2-3-8-18(16)19)24-30(26,27)17-10-11-20-21(14-17)29-13-5-12-28-20/h2-3,6,8,10-11,14-15,19,24H,4-5,7,9,12-13H2,1H3,(H,23,25)/t15-,19+/m1/s1. The summed E-state index contributed by atoms with van der Waals surface area (Å²) >= 11 is 0. The van der Waals surface area contributed by atoms with E-state index in [-0.39, 0.29) is 16.8 Å². The second-order valence-corrected chi connectivity index (χ2v) is 9.37. The van der Waals surface area contributed by atoms with Gasteiger partial charge in [-0.1, -0.05) is 24.3 Å². The molecule has 1 amide bonds. The monoisotopic (exact) mass is 430 g/mol. The Hall–Kier alpha value is -2.58. The minimum Gasteiger partial charge on any atom is -0.490 e. The van der Waals surface area contributed by atoms with E-state index in [2.05, 4.69) is 16.1 Å². The summed E-state index contributed by atoms with van der Waals surface area (Å²) in [6, 6.07) is 11.5. The number of hydrogen-bond donors (Lipinski definition) is 2. The van der Waals surface area contributed by atoms with Gasteiger partial charge in [-0.25, -0.2) is 8.42 Å². The first-order valence-electron chi connectivity index (χ1n) is 10.2. The average molecular weight is 431 g/mol. The van der Waals surface area contributed by atoms with Gasteiger partial charge in [-0.15, -0.1) is 0 Å². The van der Waals surface area contributed by atoms with Crippen LogP contribution >= 0.6 is 0 Å². The van der Waals surface area contributed by atoms with Crippen molar-refractivity contribution < 1.29 is 22.7 Å². The van der Waals surface area contributed by atoms with Crippen molar-refractivity contribution in [2.24, 2.45) is 0 Å². The molecule has 0 saturated carbocycles. The van der Waals surface area contributed by atoms with Crippen molar-refractivity contribution in [1.82, 2.24) is 10.0 Å². The summed E-state index contributed by atoms with van der Waals surface area (Å²) in [5.74, 6) is 0.564. The maximum absolute atomic E-state index is 12.8. The number of hydrogen-bond acceptors (Lipinski definition) is 5. The fourth-order valence-corrected chi connectivity index (χ4v) is 5.08. The van der Waals surface area contributed by atoms with Crippen LogP contribution in [0.4, 0.5) is 0 Å². The zero-order valence-electron chi connectivity index (χ0n) is 16.9. The zero-order chi connectivity index (χ0) is 21.1. The van der Waals surface area contributed by atoms with Crippen LogP contribution in [0.5, 0.6) is 11.5 Å². The number of nitrogens with one attached hydrogen (secondary N) is 2. The Morgan fingerprint density at radius 2 is 1.83 bits per heavy atom. The number of benzene rings is 2. The number of carbonyl (C=O) groups is 1. The van der Waals surface area contributed by atoms with E-state index in [1.165, 1.54) is 17.7 Å². The Kier molecular flexibility index (Phi) is 5.97. The Bertz CT molecular complexity index is 1040. The van der Waals surface area contributed by atoms with Gasteiger partial charge in [0.1, 0.15) is 0 Å². The SMILES string of the molecule is C[C@@H](NS(=O)(=O)c1ccc2c(c1)OCCCO2)C(=O)N[C@H]1CCCc2ccccc21. The van der Waals surface area contributed by atoms with Crippen LogP contribution in [0.1, 0.15) is 43.4 Å². The van der Waals surface area contributed by atoms with Gasteiger partial charge in [-0.05, 0) is 49.4 Å². The summed E-state index contributed by atoms with van der Waals surface area (Å²) in [6.07, 6.45) is 3.55. The maximum Gasteiger partial charge on any atom is 0.241 e. The molecule has 1 aliphatic heterocycles. The number of sulfonamides is 1. The predicted octanol–water partition coefficient (Wildman–Crippen LogP) is 2.71. The second kappa shape index (κ2) is 8.65. The van der Waals surface area contributed by atoms with Crippen LogP contribution in [-0.2, 0) is 21.2 Å². The summed E-state index contributed by atoms with van der Waals surface area (Å²) in [5, 5.41) is 3.00. The molecule has 0 aromatic heterocycles. The Labute approximate surface area is 176 Å². The molecular weight excluding hydrogens is 404 g/mol. The van der Waals surface area contributed by atoms with E-state index in [0.717, 1.165) is 31.2 Å². The Morgan fingerprint density at radius 3 is 2.67 bits per heavy atom. The van der Waals surface area contributed by atoms with Gasteiger partial charge in [-0.2, -0.15) is 4.72 Å². The lowest BCUT2D eigenvalue weighted by atomic mass is 9.87. The highest BCUT2D eigenvalue weighted by molar-refractivity contribution is 7.89. The zero-order valence-corrected chi connectivity index (χ0v) is 17.7. The Balaban J connectivity index is 1.45. The molecule has 4 rings (SSSR count). The quantitative estimate of drug-likeness (QED) is 0.761.